The molecule has 7 heteroatoms. The third-order valence-corrected chi connectivity index (χ3v) is 4.63. The third-order valence-electron chi connectivity index (χ3n) is 3.53. The van der Waals surface area contributed by atoms with Crippen LogP contribution in [0.4, 0.5) is 4.39 Å². The van der Waals surface area contributed by atoms with Gasteiger partial charge in [0.2, 0.25) is 0 Å². The number of thiazole rings is 1. The lowest BCUT2D eigenvalue weighted by atomic mass is 10.3. The second kappa shape index (κ2) is 5.73. The van der Waals surface area contributed by atoms with E-state index in [0.29, 0.717) is 10.5 Å². The summed E-state index contributed by atoms with van der Waals surface area (Å²) in [5, 5.41) is 4.33. The summed E-state index contributed by atoms with van der Waals surface area (Å²) in [6, 6.07) is 6.35. The van der Waals surface area contributed by atoms with E-state index in [1.807, 2.05) is 27.8 Å². The molecule has 0 saturated carbocycles. The average molecular weight is 332 g/mol. The molecule has 0 radical (unpaired) electrons. The zero-order valence-electron chi connectivity index (χ0n) is 13.4. The maximum Gasteiger partial charge on any atom is 0.297 e. The van der Waals surface area contributed by atoms with Gasteiger partial charge in [-0.25, -0.2) is 4.39 Å². The van der Waals surface area contributed by atoms with Gasteiger partial charge in [0.25, 0.3) is 5.91 Å². The van der Waals surface area contributed by atoms with Crippen molar-refractivity contribution in [2.24, 2.45) is 12.0 Å². The second-order valence-electron chi connectivity index (χ2n) is 5.68. The molecule has 0 aliphatic rings. The number of hydrogen-bond donors (Lipinski definition) is 0. The Bertz CT molecular complexity index is 964. The molecule has 0 N–H and O–H groups in total. The molecule has 3 rings (SSSR count). The van der Waals surface area contributed by atoms with E-state index in [-0.39, 0.29) is 17.8 Å². The highest BCUT2D eigenvalue weighted by Gasteiger charge is 2.16. The summed E-state index contributed by atoms with van der Waals surface area (Å²) in [5.74, 6) is -0.646. The lowest BCUT2D eigenvalue weighted by Gasteiger charge is -2.07. The SMILES string of the molecule is Cc1cc(C(=O)N=c2sc3cc(F)ccc3n2C)n(C(C)C)n1. The van der Waals surface area contributed by atoms with Gasteiger partial charge in [-0.05, 0) is 45.0 Å². The summed E-state index contributed by atoms with van der Waals surface area (Å²) in [4.78, 5) is 17.3. The fourth-order valence-corrected chi connectivity index (χ4v) is 3.47. The van der Waals surface area contributed by atoms with Crippen LogP contribution in [-0.2, 0) is 7.05 Å². The summed E-state index contributed by atoms with van der Waals surface area (Å²) in [5.41, 5.74) is 2.08. The van der Waals surface area contributed by atoms with Gasteiger partial charge in [-0.3, -0.25) is 9.48 Å². The monoisotopic (exact) mass is 332 g/mol. The molecule has 5 nitrogen and oxygen atoms in total. The normalized spacial score (nSPS) is 12.5. The van der Waals surface area contributed by atoms with Crippen molar-refractivity contribution in [3.63, 3.8) is 0 Å². The topological polar surface area (TPSA) is 52.2 Å². The Kier molecular flexibility index (Phi) is 3.89. The van der Waals surface area contributed by atoms with Gasteiger partial charge in [-0.1, -0.05) is 11.3 Å². The number of fused-ring (bicyclic) bond motifs is 1. The largest absolute Gasteiger partial charge is 0.319 e. The molecule has 0 fully saturated rings. The van der Waals surface area contributed by atoms with Crippen LogP contribution in [0.25, 0.3) is 10.2 Å². The molecule has 23 heavy (non-hydrogen) atoms. The first-order valence-corrected chi connectivity index (χ1v) is 8.08. The summed E-state index contributed by atoms with van der Waals surface area (Å²) in [6.45, 7) is 5.77. The number of rotatable bonds is 2. The lowest BCUT2D eigenvalue weighted by molar-refractivity contribution is 0.0986. The van der Waals surface area contributed by atoms with Crippen molar-refractivity contribution >= 4 is 27.5 Å². The highest BCUT2D eigenvalue weighted by atomic mass is 32.1. The Hall–Kier alpha value is -2.28. The molecule has 2 aromatic heterocycles. The van der Waals surface area contributed by atoms with Gasteiger partial charge in [0, 0.05) is 13.1 Å². The molecule has 0 saturated heterocycles. The minimum Gasteiger partial charge on any atom is -0.319 e. The van der Waals surface area contributed by atoms with E-state index in [0.717, 1.165) is 15.9 Å². The van der Waals surface area contributed by atoms with Crippen molar-refractivity contribution in [1.82, 2.24) is 14.3 Å². The Morgan fingerprint density at radius 1 is 1.35 bits per heavy atom. The molecule has 3 aromatic rings. The molecule has 0 spiro atoms. The molecule has 0 unspecified atom stereocenters. The number of hydrogen-bond acceptors (Lipinski definition) is 3. The van der Waals surface area contributed by atoms with Crippen molar-refractivity contribution in [3.8, 4) is 0 Å². The second-order valence-corrected chi connectivity index (χ2v) is 6.69. The zero-order valence-corrected chi connectivity index (χ0v) is 14.2. The summed E-state index contributed by atoms with van der Waals surface area (Å²) in [6.07, 6.45) is 0. The molecular formula is C16H17FN4OS. The van der Waals surface area contributed by atoms with Gasteiger partial charge in [0.05, 0.1) is 15.9 Å². The Balaban J connectivity index is 2.12. The number of aryl methyl sites for hydroxylation is 2. The van der Waals surface area contributed by atoms with E-state index in [4.69, 9.17) is 0 Å². The smallest absolute Gasteiger partial charge is 0.297 e. The van der Waals surface area contributed by atoms with Crippen LogP contribution in [0.3, 0.4) is 0 Å². The number of aromatic nitrogens is 3. The summed E-state index contributed by atoms with van der Waals surface area (Å²) in [7, 11) is 1.81. The maximum atomic E-state index is 13.3. The van der Waals surface area contributed by atoms with Crippen molar-refractivity contribution < 1.29 is 9.18 Å². The van der Waals surface area contributed by atoms with E-state index in [1.54, 1.807) is 21.4 Å². The number of halogens is 1. The van der Waals surface area contributed by atoms with Crippen LogP contribution in [0.2, 0.25) is 0 Å². The predicted octanol–water partition coefficient (Wildman–Crippen LogP) is 3.21. The lowest BCUT2D eigenvalue weighted by Crippen LogP contribution is -2.16. The van der Waals surface area contributed by atoms with Gasteiger partial charge in [0.1, 0.15) is 11.5 Å². The van der Waals surface area contributed by atoms with E-state index < -0.39 is 0 Å². The first kappa shape index (κ1) is 15.6. The van der Waals surface area contributed by atoms with Crippen LogP contribution in [0.15, 0.2) is 29.3 Å². The Labute approximate surface area is 136 Å². The minimum atomic E-state index is -0.345. The first-order valence-electron chi connectivity index (χ1n) is 7.27. The molecular weight excluding hydrogens is 315 g/mol. The van der Waals surface area contributed by atoms with Crippen LogP contribution in [0.5, 0.6) is 0 Å². The third kappa shape index (κ3) is 2.84. The van der Waals surface area contributed by atoms with Crippen molar-refractivity contribution in [2.75, 3.05) is 0 Å². The quantitative estimate of drug-likeness (QED) is 0.723. The molecule has 1 amide bonds. The highest BCUT2D eigenvalue weighted by Crippen LogP contribution is 2.18. The minimum absolute atomic E-state index is 0.0723. The summed E-state index contributed by atoms with van der Waals surface area (Å²) >= 11 is 1.29. The number of nitrogens with zero attached hydrogens (tertiary/aromatic N) is 4. The van der Waals surface area contributed by atoms with Crippen LogP contribution in [0.1, 0.15) is 36.1 Å². The van der Waals surface area contributed by atoms with Gasteiger partial charge < -0.3 is 4.57 Å². The fourth-order valence-electron chi connectivity index (χ4n) is 2.43. The highest BCUT2D eigenvalue weighted by molar-refractivity contribution is 7.16. The van der Waals surface area contributed by atoms with E-state index in [2.05, 4.69) is 10.1 Å². The fraction of sp³-hybridized carbons (Fsp3) is 0.312. The molecule has 2 heterocycles. The maximum absolute atomic E-state index is 13.3. The summed E-state index contributed by atoms with van der Waals surface area (Å²) < 4.78 is 17.6. The molecule has 0 aliphatic carbocycles. The standard InChI is InChI=1S/C16H17FN4OS/c1-9(2)21-13(7-10(3)19-21)15(22)18-16-20(4)12-6-5-11(17)8-14(12)23-16/h5-9H,1-4H3. The number of amides is 1. The van der Waals surface area contributed by atoms with E-state index in [9.17, 15) is 9.18 Å². The van der Waals surface area contributed by atoms with E-state index in [1.165, 1.54) is 23.5 Å². The van der Waals surface area contributed by atoms with Crippen LogP contribution < -0.4 is 4.80 Å². The number of carbonyl (C=O) groups excluding carboxylic acids is 1. The first-order chi connectivity index (χ1) is 10.9. The van der Waals surface area contributed by atoms with Crippen molar-refractivity contribution in [3.05, 3.63) is 46.3 Å². The van der Waals surface area contributed by atoms with Gasteiger partial charge in [-0.2, -0.15) is 10.1 Å². The zero-order chi connectivity index (χ0) is 16.7. The number of carbonyl (C=O) groups is 1. The molecule has 0 atom stereocenters. The van der Waals surface area contributed by atoms with E-state index >= 15 is 0 Å². The Morgan fingerprint density at radius 2 is 2.09 bits per heavy atom. The van der Waals surface area contributed by atoms with Gasteiger partial charge in [0.15, 0.2) is 4.80 Å². The predicted molar refractivity (Wildman–Crippen MR) is 88.0 cm³/mol. The van der Waals surface area contributed by atoms with Gasteiger partial charge in [-0.15, -0.1) is 0 Å². The van der Waals surface area contributed by atoms with Crippen LogP contribution in [0, 0.1) is 12.7 Å². The number of benzene rings is 1. The van der Waals surface area contributed by atoms with Crippen LogP contribution >= 0.6 is 11.3 Å². The molecule has 0 aliphatic heterocycles. The van der Waals surface area contributed by atoms with Crippen molar-refractivity contribution in [1.29, 1.82) is 0 Å². The Morgan fingerprint density at radius 3 is 2.78 bits per heavy atom. The molecule has 0 bridgehead atoms. The average Bonchev–Trinajstić information content (AvgIpc) is 3.00. The van der Waals surface area contributed by atoms with Crippen molar-refractivity contribution in [2.45, 2.75) is 26.8 Å². The van der Waals surface area contributed by atoms with Crippen LogP contribution in [-0.4, -0.2) is 20.3 Å². The molecule has 120 valence electrons. The molecule has 1 aromatic carbocycles. The van der Waals surface area contributed by atoms with Gasteiger partial charge >= 0.3 is 0 Å².